The van der Waals surface area contributed by atoms with E-state index in [2.05, 4.69) is 34.7 Å². The fraction of sp³-hybridized carbons (Fsp3) is 0.333. The Hall–Kier alpha value is -3.08. The van der Waals surface area contributed by atoms with Crippen LogP contribution in [0.5, 0.6) is 5.75 Å². The topological polar surface area (TPSA) is 64.4 Å². The lowest BCUT2D eigenvalue weighted by molar-refractivity contribution is -0.120. The van der Waals surface area contributed by atoms with Gasteiger partial charge in [0.05, 0.1) is 17.7 Å². The molecule has 1 amide bonds. The van der Waals surface area contributed by atoms with Gasteiger partial charge in [-0.1, -0.05) is 47.6 Å². The van der Waals surface area contributed by atoms with Crippen molar-refractivity contribution in [2.75, 3.05) is 6.54 Å². The summed E-state index contributed by atoms with van der Waals surface area (Å²) in [6, 6.07) is 18.1. The van der Waals surface area contributed by atoms with Crippen molar-refractivity contribution < 1.29 is 14.1 Å². The van der Waals surface area contributed by atoms with E-state index in [0.717, 1.165) is 41.2 Å². The summed E-state index contributed by atoms with van der Waals surface area (Å²) in [5.74, 6) is 1.59. The van der Waals surface area contributed by atoms with Crippen molar-refractivity contribution in [2.24, 2.45) is 0 Å². The largest absolute Gasteiger partial charge is 0.489 e. The SMILES string of the molecule is Cc1noc(C)c1COc1ccc(CC(=O)NCC2(c3ccccc3)CC2)cc1. The zero-order valence-electron chi connectivity index (χ0n) is 16.9. The van der Waals surface area contributed by atoms with Crippen LogP contribution in [0.3, 0.4) is 0 Å². The summed E-state index contributed by atoms with van der Waals surface area (Å²) in [5.41, 5.74) is 4.24. The molecule has 4 rings (SSSR count). The molecule has 5 nitrogen and oxygen atoms in total. The molecular formula is C24H26N2O3. The lowest BCUT2D eigenvalue weighted by Crippen LogP contribution is -2.33. The second-order valence-corrected chi connectivity index (χ2v) is 7.84. The van der Waals surface area contributed by atoms with Crippen LogP contribution in [-0.2, 0) is 23.2 Å². The number of aromatic nitrogens is 1. The van der Waals surface area contributed by atoms with E-state index < -0.39 is 0 Å². The van der Waals surface area contributed by atoms with Crippen LogP contribution in [0.15, 0.2) is 59.1 Å². The van der Waals surface area contributed by atoms with E-state index in [1.54, 1.807) is 0 Å². The van der Waals surface area contributed by atoms with Gasteiger partial charge in [-0.2, -0.15) is 0 Å². The van der Waals surface area contributed by atoms with Crippen molar-refractivity contribution in [3.63, 3.8) is 0 Å². The Morgan fingerprint density at radius 3 is 2.45 bits per heavy atom. The molecule has 29 heavy (non-hydrogen) atoms. The maximum atomic E-state index is 12.4. The maximum absolute atomic E-state index is 12.4. The maximum Gasteiger partial charge on any atom is 0.224 e. The smallest absolute Gasteiger partial charge is 0.224 e. The van der Waals surface area contributed by atoms with Gasteiger partial charge in [-0.3, -0.25) is 4.79 Å². The van der Waals surface area contributed by atoms with E-state index in [-0.39, 0.29) is 11.3 Å². The first kappa shape index (κ1) is 19.2. The van der Waals surface area contributed by atoms with E-state index in [1.165, 1.54) is 5.56 Å². The molecule has 150 valence electrons. The van der Waals surface area contributed by atoms with E-state index >= 15 is 0 Å². The molecule has 5 heteroatoms. The molecule has 0 unspecified atom stereocenters. The second kappa shape index (κ2) is 8.11. The van der Waals surface area contributed by atoms with Crippen molar-refractivity contribution in [1.29, 1.82) is 0 Å². The average Bonchev–Trinajstić information content (AvgIpc) is 3.47. The van der Waals surface area contributed by atoms with E-state index in [9.17, 15) is 4.79 Å². The van der Waals surface area contributed by atoms with Crippen molar-refractivity contribution in [3.05, 3.63) is 82.7 Å². The third-order valence-electron chi connectivity index (χ3n) is 5.72. The Labute approximate surface area is 171 Å². The minimum absolute atomic E-state index is 0.0524. The number of hydrogen-bond donors (Lipinski definition) is 1. The molecule has 0 radical (unpaired) electrons. The summed E-state index contributed by atoms with van der Waals surface area (Å²) in [7, 11) is 0. The molecule has 0 spiro atoms. The number of nitrogens with one attached hydrogen (secondary N) is 1. The number of carbonyl (C=O) groups is 1. The summed E-state index contributed by atoms with van der Waals surface area (Å²) >= 11 is 0. The van der Waals surface area contributed by atoms with Crippen LogP contribution >= 0.6 is 0 Å². The first-order valence-electron chi connectivity index (χ1n) is 10.0. The Bertz CT molecular complexity index is 954. The first-order valence-corrected chi connectivity index (χ1v) is 10.0. The fourth-order valence-electron chi connectivity index (χ4n) is 3.59. The van der Waals surface area contributed by atoms with Gasteiger partial charge in [-0.15, -0.1) is 0 Å². The Kier molecular flexibility index (Phi) is 5.38. The lowest BCUT2D eigenvalue weighted by atomic mass is 9.96. The number of amides is 1. The Morgan fingerprint density at radius 2 is 1.83 bits per heavy atom. The molecule has 0 bridgehead atoms. The highest BCUT2D eigenvalue weighted by Crippen LogP contribution is 2.47. The van der Waals surface area contributed by atoms with Crippen LogP contribution in [0.4, 0.5) is 0 Å². The van der Waals surface area contributed by atoms with Gasteiger partial charge >= 0.3 is 0 Å². The summed E-state index contributed by atoms with van der Waals surface area (Å²) in [5, 5.41) is 7.05. The lowest BCUT2D eigenvalue weighted by Gasteiger charge is -2.16. The Balaban J connectivity index is 1.27. The highest BCUT2D eigenvalue weighted by molar-refractivity contribution is 5.78. The van der Waals surface area contributed by atoms with Crippen molar-refractivity contribution in [3.8, 4) is 5.75 Å². The molecule has 1 aromatic heterocycles. The third kappa shape index (κ3) is 4.50. The molecule has 3 aromatic rings. The van der Waals surface area contributed by atoms with Crippen molar-refractivity contribution in [2.45, 2.75) is 45.1 Å². The molecule has 1 N–H and O–H groups in total. The number of nitrogens with zero attached hydrogens (tertiary/aromatic N) is 1. The number of carbonyl (C=O) groups excluding carboxylic acids is 1. The molecule has 1 aliphatic carbocycles. The van der Waals surface area contributed by atoms with Gasteiger partial charge in [0.1, 0.15) is 18.1 Å². The molecule has 1 fully saturated rings. The summed E-state index contributed by atoms with van der Waals surface area (Å²) < 4.78 is 11.0. The second-order valence-electron chi connectivity index (χ2n) is 7.84. The zero-order chi connectivity index (χ0) is 20.3. The van der Waals surface area contributed by atoms with Gasteiger partial charge in [0.2, 0.25) is 5.91 Å². The minimum Gasteiger partial charge on any atom is -0.489 e. The number of ether oxygens (including phenoxy) is 1. The van der Waals surface area contributed by atoms with Gasteiger partial charge in [0.15, 0.2) is 0 Å². The number of aryl methyl sites for hydroxylation is 2. The summed E-state index contributed by atoms with van der Waals surface area (Å²) in [6.45, 7) is 4.90. The predicted octanol–water partition coefficient (Wildman–Crippen LogP) is 4.26. The normalized spacial score (nSPS) is 14.4. The minimum atomic E-state index is 0.0524. The van der Waals surface area contributed by atoms with Crippen molar-refractivity contribution in [1.82, 2.24) is 10.5 Å². The fourth-order valence-corrected chi connectivity index (χ4v) is 3.59. The average molecular weight is 390 g/mol. The molecule has 0 saturated heterocycles. The Morgan fingerprint density at radius 1 is 1.10 bits per heavy atom. The van der Waals surface area contributed by atoms with Gasteiger partial charge < -0.3 is 14.6 Å². The first-order chi connectivity index (χ1) is 14.1. The van der Waals surface area contributed by atoms with Crippen LogP contribution in [0.2, 0.25) is 0 Å². The quantitative estimate of drug-likeness (QED) is 0.624. The molecular weight excluding hydrogens is 364 g/mol. The van der Waals surface area contributed by atoms with Crippen LogP contribution in [0, 0.1) is 13.8 Å². The number of rotatable bonds is 8. The summed E-state index contributed by atoms with van der Waals surface area (Å²) in [6.07, 6.45) is 2.64. The molecule has 2 aromatic carbocycles. The number of hydrogen-bond acceptors (Lipinski definition) is 4. The highest BCUT2D eigenvalue weighted by Gasteiger charge is 2.44. The summed E-state index contributed by atoms with van der Waals surface area (Å²) in [4.78, 5) is 12.4. The van der Waals surface area contributed by atoms with E-state index in [1.807, 2.05) is 44.2 Å². The molecule has 1 aliphatic rings. The highest BCUT2D eigenvalue weighted by atomic mass is 16.5. The third-order valence-corrected chi connectivity index (χ3v) is 5.72. The van der Waals surface area contributed by atoms with Crippen LogP contribution in [0.25, 0.3) is 0 Å². The van der Waals surface area contributed by atoms with Gasteiger partial charge in [0, 0.05) is 12.0 Å². The van der Waals surface area contributed by atoms with Gasteiger partial charge in [-0.25, -0.2) is 0 Å². The van der Waals surface area contributed by atoms with Crippen LogP contribution in [0.1, 0.15) is 41.0 Å². The molecule has 0 atom stereocenters. The zero-order valence-corrected chi connectivity index (χ0v) is 16.9. The van der Waals surface area contributed by atoms with E-state index in [4.69, 9.17) is 9.26 Å². The predicted molar refractivity (Wildman–Crippen MR) is 111 cm³/mol. The monoisotopic (exact) mass is 390 g/mol. The van der Waals surface area contributed by atoms with Crippen LogP contribution in [-0.4, -0.2) is 17.6 Å². The molecule has 1 saturated carbocycles. The van der Waals surface area contributed by atoms with Gasteiger partial charge in [0.25, 0.3) is 0 Å². The van der Waals surface area contributed by atoms with E-state index in [0.29, 0.717) is 19.6 Å². The standard InChI is InChI=1S/C24H26N2O3/c1-17-22(18(2)29-26-17)15-28-21-10-8-19(9-11-21)14-23(27)25-16-24(12-13-24)20-6-4-3-5-7-20/h3-11H,12-16H2,1-2H3,(H,25,27). The molecule has 0 aliphatic heterocycles. The van der Waals surface area contributed by atoms with Crippen molar-refractivity contribution >= 4 is 5.91 Å². The van der Waals surface area contributed by atoms with Crippen LogP contribution < -0.4 is 10.1 Å². The van der Waals surface area contributed by atoms with Gasteiger partial charge in [-0.05, 0) is 49.9 Å². The number of benzene rings is 2. The molecule has 1 heterocycles.